The highest BCUT2D eigenvalue weighted by Gasteiger charge is 2.32. The molecule has 0 radical (unpaired) electrons. The molecule has 3 heteroatoms. The Bertz CT molecular complexity index is 144. The number of rotatable bonds is 1. The number of hydrogen-bond acceptors (Lipinski definition) is 2. The highest BCUT2D eigenvalue weighted by atomic mass is 127. The van der Waals surface area contributed by atoms with Crippen LogP contribution in [0.25, 0.3) is 0 Å². The summed E-state index contributed by atoms with van der Waals surface area (Å²) in [5, 5.41) is 0. The van der Waals surface area contributed by atoms with Crippen molar-refractivity contribution < 1.29 is 9.53 Å². The molecule has 0 aromatic carbocycles. The molecule has 0 aromatic rings. The van der Waals surface area contributed by atoms with Crippen molar-refractivity contribution in [1.82, 2.24) is 0 Å². The first-order valence-corrected chi connectivity index (χ1v) is 3.93. The van der Waals surface area contributed by atoms with Gasteiger partial charge >= 0.3 is 5.97 Å². The van der Waals surface area contributed by atoms with Crippen LogP contribution in [0.15, 0.2) is 12.7 Å². The smallest absolute Gasteiger partial charge is 0.319 e. The zero-order chi connectivity index (χ0) is 6.85. The van der Waals surface area contributed by atoms with Gasteiger partial charge in [0.05, 0.1) is 6.61 Å². The van der Waals surface area contributed by atoms with Gasteiger partial charge in [-0.25, -0.2) is 0 Å². The van der Waals surface area contributed by atoms with Crippen molar-refractivity contribution in [3.05, 3.63) is 12.7 Å². The minimum Gasteiger partial charge on any atom is -0.464 e. The quantitative estimate of drug-likeness (QED) is 0.296. The van der Waals surface area contributed by atoms with Crippen molar-refractivity contribution in [2.75, 3.05) is 6.61 Å². The lowest BCUT2D eigenvalue weighted by atomic mass is 10.1. The summed E-state index contributed by atoms with van der Waals surface area (Å²) < 4.78 is 4.74. The van der Waals surface area contributed by atoms with E-state index in [9.17, 15) is 4.79 Å². The SMILES string of the molecule is C=CC1COC(=O)C1I. The monoisotopic (exact) mass is 238 g/mol. The molecule has 0 aliphatic carbocycles. The Morgan fingerprint density at radius 1 is 1.89 bits per heavy atom. The first kappa shape index (κ1) is 7.05. The largest absolute Gasteiger partial charge is 0.464 e. The van der Waals surface area contributed by atoms with Crippen LogP contribution in [0.1, 0.15) is 0 Å². The summed E-state index contributed by atoms with van der Waals surface area (Å²) in [6.07, 6.45) is 1.77. The van der Waals surface area contributed by atoms with Crippen molar-refractivity contribution in [1.29, 1.82) is 0 Å². The molecule has 1 rings (SSSR count). The third kappa shape index (κ3) is 1.26. The van der Waals surface area contributed by atoms with Crippen molar-refractivity contribution in [2.24, 2.45) is 5.92 Å². The predicted octanol–water partition coefficient (Wildman–Crippen LogP) is 1.15. The van der Waals surface area contributed by atoms with E-state index in [4.69, 9.17) is 4.74 Å². The number of alkyl halides is 1. The van der Waals surface area contributed by atoms with Crippen LogP contribution in [-0.4, -0.2) is 16.5 Å². The van der Waals surface area contributed by atoms with Crippen LogP contribution in [0, 0.1) is 5.92 Å². The molecule has 0 saturated carbocycles. The molecule has 2 atom stereocenters. The second-order valence-corrected chi connectivity index (χ2v) is 3.27. The minimum atomic E-state index is -0.111. The molecular weight excluding hydrogens is 231 g/mol. The van der Waals surface area contributed by atoms with Gasteiger partial charge < -0.3 is 4.74 Å². The first-order valence-electron chi connectivity index (χ1n) is 2.69. The van der Waals surface area contributed by atoms with Gasteiger partial charge in [-0.05, 0) is 0 Å². The lowest BCUT2D eigenvalue weighted by Crippen LogP contribution is -2.11. The molecule has 2 unspecified atom stereocenters. The fourth-order valence-electron chi connectivity index (χ4n) is 0.705. The van der Waals surface area contributed by atoms with Crippen LogP contribution in [0.4, 0.5) is 0 Å². The third-order valence-electron chi connectivity index (χ3n) is 1.32. The molecule has 0 spiro atoms. The summed E-state index contributed by atoms with van der Waals surface area (Å²) in [7, 11) is 0. The first-order chi connectivity index (χ1) is 4.25. The number of hydrogen-bond donors (Lipinski definition) is 0. The van der Waals surface area contributed by atoms with Gasteiger partial charge in [-0.3, -0.25) is 4.79 Å². The summed E-state index contributed by atoms with van der Waals surface area (Å²) in [5.41, 5.74) is 0. The predicted molar refractivity (Wildman–Crippen MR) is 42.5 cm³/mol. The maximum Gasteiger partial charge on any atom is 0.319 e. The van der Waals surface area contributed by atoms with Crippen LogP contribution < -0.4 is 0 Å². The number of cyclic esters (lactones) is 1. The number of carbonyl (C=O) groups excluding carboxylic acids is 1. The topological polar surface area (TPSA) is 26.3 Å². The van der Waals surface area contributed by atoms with Crippen molar-refractivity contribution >= 4 is 28.6 Å². The average Bonchev–Trinajstić information content (AvgIpc) is 2.15. The fraction of sp³-hybridized carbons (Fsp3) is 0.500. The van der Waals surface area contributed by atoms with E-state index in [0.29, 0.717) is 6.61 Å². The molecule has 1 heterocycles. The summed E-state index contributed by atoms with van der Waals surface area (Å²) >= 11 is 2.07. The van der Waals surface area contributed by atoms with E-state index in [-0.39, 0.29) is 15.8 Å². The van der Waals surface area contributed by atoms with Gasteiger partial charge in [0.2, 0.25) is 0 Å². The van der Waals surface area contributed by atoms with Crippen molar-refractivity contribution in [3.8, 4) is 0 Å². The van der Waals surface area contributed by atoms with E-state index < -0.39 is 0 Å². The normalized spacial score (nSPS) is 34.1. The Kier molecular flexibility index (Phi) is 2.10. The summed E-state index contributed by atoms with van der Waals surface area (Å²) in [6.45, 7) is 4.10. The summed E-state index contributed by atoms with van der Waals surface area (Å²) in [5.74, 6) is 0.110. The van der Waals surface area contributed by atoms with E-state index >= 15 is 0 Å². The third-order valence-corrected chi connectivity index (χ3v) is 2.75. The lowest BCUT2D eigenvalue weighted by Gasteiger charge is -1.98. The van der Waals surface area contributed by atoms with Crippen LogP contribution in [0.3, 0.4) is 0 Å². The van der Waals surface area contributed by atoms with Crippen LogP contribution in [0.5, 0.6) is 0 Å². The molecule has 50 valence electrons. The van der Waals surface area contributed by atoms with E-state index in [1.54, 1.807) is 6.08 Å². The van der Waals surface area contributed by atoms with Crippen molar-refractivity contribution in [3.63, 3.8) is 0 Å². The van der Waals surface area contributed by atoms with Crippen molar-refractivity contribution in [2.45, 2.75) is 3.92 Å². The maximum absolute atomic E-state index is 10.7. The maximum atomic E-state index is 10.7. The molecule has 0 bridgehead atoms. The zero-order valence-electron chi connectivity index (χ0n) is 4.84. The molecule has 1 saturated heterocycles. The van der Waals surface area contributed by atoms with E-state index in [1.807, 2.05) is 0 Å². The number of esters is 1. The highest BCUT2D eigenvalue weighted by molar-refractivity contribution is 14.1. The molecule has 0 amide bonds. The second kappa shape index (κ2) is 2.68. The summed E-state index contributed by atoms with van der Waals surface area (Å²) in [4.78, 5) is 10.7. The van der Waals surface area contributed by atoms with E-state index in [1.165, 1.54) is 0 Å². The number of halogens is 1. The Balaban J connectivity index is 2.61. The van der Waals surface area contributed by atoms with Crippen LogP contribution >= 0.6 is 22.6 Å². The van der Waals surface area contributed by atoms with E-state index in [0.717, 1.165) is 0 Å². The minimum absolute atomic E-state index is 0.0138. The summed E-state index contributed by atoms with van der Waals surface area (Å²) in [6, 6.07) is 0. The molecule has 2 nitrogen and oxygen atoms in total. The van der Waals surface area contributed by atoms with Crippen LogP contribution in [0.2, 0.25) is 0 Å². The molecule has 9 heavy (non-hydrogen) atoms. The number of carbonyl (C=O) groups is 1. The Labute approximate surface area is 67.4 Å². The number of ether oxygens (including phenoxy) is 1. The van der Waals surface area contributed by atoms with Gasteiger partial charge in [0.15, 0.2) is 0 Å². The average molecular weight is 238 g/mol. The van der Waals surface area contributed by atoms with Gasteiger partial charge in [0, 0.05) is 5.92 Å². The standard InChI is InChI=1S/C6H7IO2/c1-2-4-3-9-6(8)5(4)7/h2,4-5H,1,3H2. The second-order valence-electron chi connectivity index (χ2n) is 1.93. The van der Waals surface area contributed by atoms with Crippen LogP contribution in [-0.2, 0) is 9.53 Å². The molecule has 0 aromatic heterocycles. The molecular formula is C6H7IO2. The molecule has 0 N–H and O–H groups in total. The van der Waals surface area contributed by atoms with Gasteiger partial charge in [-0.1, -0.05) is 28.7 Å². The van der Waals surface area contributed by atoms with E-state index in [2.05, 4.69) is 29.2 Å². The highest BCUT2D eigenvalue weighted by Crippen LogP contribution is 2.23. The lowest BCUT2D eigenvalue weighted by molar-refractivity contribution is -0.137. The van der Waals surface area contributed by atoms with Gasteiger partial charge in [0.1, 0.15) is 3.92 Å². The molecule has 1 aliphatic heterocycles. The Morgan fingerprint density at radius 2 is 2.56 bits per heavy atom. The van der Waals surface area contributed by atoms with Gasteiger partial charge in [-0.2, -0.15) is 0 Å². The fourth-order valence-corrected chi connectivity index (χ4v) is 1.39. The van der Waals surface area contributed by atoms with Gasteiger partial charge in [0.25, 0.3) is 0 Å². The Hall–Kier alpha value is -0.0600. The zero-order valence-corrected chi connectivity index (χ0v) is 7.00. The molecule has 1 fully saturated rings. The Morgan fingerprint density at radius 3 is 2.78 bits per heavy atom. The van der Waals surface area contributed by atoms with Gasteiger partial charge in [-0.15, -0.1) is 6.58 Å². The molecule has 1 aliphatic rings.